The fourth-order valence-corrected chi connectivity index (χ4v) is 2.37. The minimum Gasteiger partial charge on any atom is -0.0651 e. The molecule has 96 valence electrons. The molecule has 1 aromatic carbocycles. The van der Waals surface area contributed by atoms with E-state index < -0.39 is 0 Å². The van der Waals surface area contributed by atoms with E-state index in [1.54, 1.807) is 0 Å². The van der Waals surface area contributed by atoms with Gasteiger partial charge >= 0.3 is 0 Å². The third-order valence-electron chi connectivity index (χ3n) is 4.29. The van der Waals surface area contributed by atoms with Crippen molar-refractivity contribution in [3.8, 4) is 0 Å². The van der Waals surface area contributed by atoms with Crippen molar-refractivity contribution in [1.29, 1.82) is 0 Å². The Hall–Kier alpha value is -0.780. The molecule has 0 aromatic heterocycles. The van der Waals surface area contributed by atoms with Gasteiger partial charge in [-0.3, -0.25) is 0 Å². The number of benzene rings is 1. The highest BCUT2D eigenvalue weighted by Gasteiger charge is 2.25. The van der Waals surface area contributed by atoms with Gasteiger partial charge in [-0.2, -0.15) is 0 Å². The summed E-state index contributed by atoms with van der Waals surface area (Å²) < 4.78 is 0. The molecule has 0 nitrogen and oxygen atoms in total. The lowest BCUT2D eigenvalue weighted by Crippen LogP contribution is -2.19. The Morgan fingerprint density at radius 1 is 1.06 bits per heavy atom. The van der Waals surface area contributed by atoms with Crippen molar-refractivity contribution in [3.63, 3.8) is 0 Å². The van der Waals surface area contributed by atoms with Crippen molar-refractivity contribution in [2.45, 2.75) is 59.8 Å². The van der Waals surface area contributed by atoms with Crippen LogP contribution >= 0.6 is 0 Å². The van der Waals surface area contributed by atoms with Gasteiger partial charge in [-0.15, -0.1) is 0 Å². The molecule has 2 atom stereocenters. The van der Waals surface area contributed by atoms with Gasteiger partial charge in [0, 0.05) is 0 Å². The fourth-order valence-electron chi connectivity index (χ4n) is 2.37. The van der Waals surface area contributed by atoms with Crippen molar-refractivity contribution < 1.29 is 0 Å². The molecule has 0 heteroatoms. The van der Waals surface area contributed by atoms with Crippen LogP contribution in [0.4, 0.5) is 0 Å². The van der Waals surface area contributed by atoms with E-state index in [4.69, 9.17) is 0 Å². The van der Waals surface area contributed by atoms with Gasteiger partial charge in [-0.05, 0) is 29.2 Å². The quantitative estimate of drug-likeness (QED) is 0.595. The van der Waals surface area contributed by atoms with Gasteiger partial charge in [0.25, 0.3) is 0 Å². The van der Waals surface area contributed by atoms with Gasteiger partial charge in [-0.25, -0.2) is 0 Å². The normalized spacial score (nSPS) is 15.6. The molecule has 0 aliphatic heterocycles. The summed E-state index contributed by atoms with van der Waals surface area (Å²) in [5, 5.41) is 0. The van der Waals surface area contributed by atoms with E-state index >= 15 is 0 Å². The summed E-state index contributed by atoms with van der Waals surface area (Å²) >= 11 is 0. The number of hydrogen-bond donors (Lipinski definition) is 0. The van der Waals surface area contributed by atoms with E-state index in [9.17, 15) is 0 Å². The van der Waals surface area contributed by atoms with E-state index in [0.717, 1.165) is 5.92 Å². The second kappa shape index (κ2) is 6.23. The van der Waals surface area contributed by atoms with E-state index in [2.05, 4.69) is 65.0 Å². The van der Waals surface area contributed by atoms with E-state index in [1.165, 1.54) is 24.8 Å². The predicted octanol–water partition coefficient (Wildman–Crippen LogP) is 5.64. The van der Waals surface area contributed by atoms with Crippen molar-refractivity contribution in [2.24, 2.45) is 11.3 Å². The summed E-state index contributed by atoms with van der Waals surface area (Å²) in [6.07, 6.45) is 3.81. The number of rotatable bonds is 6. The Bertz CT molecular complexity index is 310. The van der Waals surface area contributed by atoms with Crippen LogP contribution in [0, 0.1) is 11.3 Å². The smallest absolute Gasteiger partial charge is 0.0131 e. The molecule has 0 amide bonds. The first-order valence-corrected chi connectivity index (χ1v) is 7.05. The maximum Gasteiger partial charge on any atom is -0.0131 e. The summed E-state index contributed by atoms with van der Waals surface area (Å²) in [4.78, 5) is 0. The molecule has 1 rings (SSSR count). The lowest BCUT2D eigenvalue weighted by atomic mass is 9.73. The maximum atomic E-state index is 2.39. The maximum absolute atomic E-state index is 2.39. The van der Waals surface area contributed by atoms with Crippen LogP contribution < -0.4 is 0 Å². The third-order valence-corrected chi connectivity index (χ3v) is 4.29. The Balaban J connectivity index is 2.89. The van der Waals surface area contributed by atoms with Crippen LogP contribution in [0.1, 0.15) is 65.4 Å². The van der Waals surface area contributed by atoms with Crippen LogP contribution in [-0.2, 0) is 0 Å². The molecule has 0 aliphatic carbocycles. The van der Waals surface area contributed by atoms with Crippen molar-refractivity contribution in [3.05, 3.63) is 35.9 Å². The minimum absolute atomic E-state index is 0.448. The fraction of sp³-hybridized carbons (Fsp3) is 0.647. The average molecular weight is 232 g/mol. The summed E-state index contributed by atoms with van der Waals surface area (Å²) in [6.45, 7) is 11.8. The molecule has 0 heterocycles. The van der Waals surface area contributed by atoms with Gasteiger partial charge < -0.3 is 0 Å². The van der Waals surface area contributed by atoms with Crippen molar-refractivity contribution in [1.82, 2.24) is 0 Å². The summed E-state index contributed by atoms with van der Waals surface area (Å²) in [7, 11) is 0. The molecule has 0 bridgehead atoms. The van der Waals surface area contributed by atoms with Crippen LogP contribution in [0.5, 0.6) is 0 Å². The molecular weight excluding hydrogens is 204 g/mol. The van der Waals surface area contributed by atoms with Crippen LogP contribution in [-0.4, -0.2) is 0 Å². The molecule has 0 saturated carbocycles. The zero-order valence-corrected chi connectivity index (χ0v) is 12.2. The summed E-state index contributed by atoms with van der Waals surface area (Å²) in [5.74, 6) is 1.47. The van der Waals surface area contributed by atoms with Crippen molar-refractivity contribution >= 4 is 0 Å². The molecule has 17 heavy (non-hydrogen) atoms. The van der Waals surface area contributed by atoms with Crippen LogP contribution in [0.15, 0.2) is 30.3 Å². The SMILES string of the molecule is CCC(C)C(CC(C)(C)CC)c1ccccc1. The first-order valence-electron chi connectivity index (χ1n) is 7.05. The third kappa shape index (κ3) is 4.18. The molecular formula is C17H28. The minimum atomic E-state index is 0.448. The Kier molecular flexibility index (Phi) is 5.24. The average Bonchev–Trinajstić information content (AvgIpc) is 2.36. The van der Waals surface area contributed by atoms with Gasteiger partial charge in [0.15, 0.2) is 0 Å². The first kappa shape index (κ1) is 14.3. The summed E-state index contributed by atoms with van der Waals surface area (Å²) in [6, 6.07) is 11.0. The van der Waals surface area contributed by atoms with Gasteiger partial charge in [0.2, 0.25) is 0 Å². The summed E-state index contributed by atoms with van der Waals surface area (Å²) in [5.41, 5.74) is 1.97. The van der Waals surface area contributed by atoms with Crippen LogP contribution in [0.2, 0.25) is 0 Å². The van der Waals surface area contributed by atoms with E-state index in [1.807, 2.05) is 0 Å². The largest absolute Gasteiger partial charge is 0.0651 e. The molecule has 1 aromatic rings. The monoisotopic (exact) mass is 232 g/mol. The van der Waals surface area contributed by atoms with Gasteiger partial charge in [0.05, 0.1) is 0 Å². The van der Waals surface area contributed by atoms with Gasteiger partial charge in [0.1, 0.15) is 0 Å². The second-order valence-corrected chi connectivity index (χ2v) is 6.12. The zero-order valence-electron chi connectivity index (χ0n) is 12.2. The standard InChI is InChI=1S/C17H28/c1-6-14(3)16(13-17(4,5)7-2)15-11-9-8-10-12-15/h8-12,14,16H,6-7,13H2,1-5H3. The lowest BCUT2D eigenvalue weighted by molar-refractivity contribution is 0.255. The second-order valence-electron chi connectivity index (χ2n) is 6.12. The molecule has 0 radical (unpaired) electrons. The highest BCUT2D eigenvalue weighted by Crippen LogP contribution is 2.39. The Morgan fingerprint density at radius 3 is 2.12 bits per heavy atom. The highest BCUT2D eigenvalue weighted by atomic mass is 14.3. The highest BCUT2D eigenvalue weighted by molar-refractivity contribution is 5.20. The topological polar surface area (TPSA) is 0 Å². The number of hydrogen-bond acceptors (Lipinski definition) is 0. The van der Waals surface area contributed by atoms with Crippen molar-refractivity contribution in [2.75, 3.05) is 0 Å². The van der Waals surface area contributed by atoms with Crippen LogP contribution in [0.25, 0.3) is 0 Å². The predicted molar refractivity (Wildman–Crippen MR) is 77.3 cm³/mol. The zero-order chi connectivity index (χ0) is 12.9. The Labute approximate surface area is 107 Å². The first-order chi connectivity index (χ1) is 8.00. The molecule has 0 N–H and O–H groups in total. The van der Waals surface area contributed by atoms with E-state index in [0.29, 0.717) is 11.3 Å². The molecule has 0 saturated heterocycles. The molecule has 0 fully saturated rings. The lowest BCUT2D eigenvalue weighted by Gasteiger charge is -2.32. The molecule has 0 spiro atoms. The van der Waals surface area contributed by atoms with Gasteiger partial charge in [-0.1, -0.05) is 77.8 Å². The molecule has 0 aliphatic rings. The Morgan fingerprint density at radius 2 is 1.65 bits per heavy atom. The van der Waals surface area contributed by atoms with Crippen LogP contribution in [0.3, 0.4) is 0 Å². The molecule has 2 unspecified atom stereocenters. The van der Waals surface area contributed by atoms with E-state index in [-0.39, 0.29) is 0 Å².